The maximum atomic E-state index is 12.1. The molecule has 0 saturated heterocycles. The topological polar surface area (TPSA) is 17.1 Å². The minimum absolute atomic E-state index is 0.250. The zero-order valence-electron chi connectivity index (χ0n) is 10.2. The number of hydrogen-bond donors (Lipinski definition) is 0. The fraction of sp³-hybridized carbons (Fsp3) is 0.267. The van der Waals surface area contributed by atoms with Crippen molar-refractivity contribution >= 4 is 17.1 Å². The number of Topliss-reactive ketones (excluding diaryl/α,β-unsaturated/α-hetero) is 1. The Morgan fingerprint density at radius 3 is 2.76 bits per heavy atom. The molecule has 1 heterocycles. The number of benzene rings is 1. The Labute approximate surface area is 106 Å². The minimum Gasteiger partial charge on any atom is -0.294 e. The lowest BCUT2D eigenvalue weighted by Gasteiger charge is -2.05. The monoisotopic (exact) mass is 244 g/mol. The molecular formula is C15H16OS. The molecule has 0 bridgehead atoms. The average Bonchev–Trinajstić information content (AvgIpc) is 2.82. The summed E-state index contributed by atoms with van der Waals surface area (Å²) in [6.45, 7) is 4.02. The fourth-order valence-electron chi connectivity index (χ4n) is 1.86. The van der Waals surface area contributed by atoms with E-state index in [1.807, 2.05) is 38.1 Å². The summed E-state index contributed by atoms with van der Waals surface area (Å²) in [6.07, 6.45) is 1.45. The van der Waals surface area contributed by atoms with E-state index in [0.29, 0.717) is 6.42 Å². The predicted octanol–water partition coefficient (Wildman–Crippen LogP) is 4.18. The van der Waals surface area contributed by atoms with Gasteiger partial charge in [-0.25, -0.2) is 0 Å². The van der Waals surface area contributed by atoms with Gasteiger partial charge in [0, 0.05) is 16.9 Å². The molecule has 17 heavy (non-hydrogen) atoms. The van der Waals surface area contributed by atoms with E-state index in [9.17, 15) is 4.79 Å². The van der Waals surface area contributed by atoms with Gasteiger partial charge >= 0.3 is 0 Å². The third-order valence-corrected chi connectivity index (χ3v) is 3.81. The maximum absolute atomic E-state index is 12.1. The Bertz CT molecular complexity index is 512. The minimum atomic E-state index is 0.250. The molecule has 1 aromatic heterocycles. The smallest absolute Gasteiger partial charge is 0.163 e. The zero-order chi connectivity index (χ0) is 12.3. The molecule has 0 aliphatic heterocycles. The molecule has 2 rings (SSSR count). The first-order valence-corrected chi connectivity index (χ1v) is 6.67. The van der Waals surface area contributed by atoms with Crippen LogP contribution in [0.15, 0.2) is 35.7 Å². The molecule has 0 unspecified atom stereocenters. The molecule has 2 heteroatoms. The Hall–Kier alpha value is -1.41. The van der Waals surface area contributed by atoms with Gasteiger partial charge in [-0.05, 0) is 43.3 Å². The third kappa shape index (κ3) is 3.04. The molecule has 0 atom stereocenters. The number of rotatable bonds is 4. The first-order chi connectivity index (χ1) is 8.16. The SMILES string of the molecule is Cc1ccc(C)c(C(=O)CCc2cccs2)c1. The van der Waals surface area contributed by atoms with Crippen molar-refractivity contribution in [3.05, 3.63) is 57.3 Å². The van der Waals surface area contributed by atoms with Gasteiger partial charge in [-0.2, -0.15) is 0 Å². The van der Waals surface area contributed by atoms with Gasteiger partial charge in [0.1, 0.15) is 0 Å². The van der Waals surface area contributed by atoms with Crippen LogP contribution >= 0.6 is 11.3 Å². The molecular weight excluding hydrogens is 228 g/mol. The molecule has 0 saturated carbocycles. The van der Waals surface area contributed by atoms with Crippen molar-refractivity contribution in [3.8, 4) is 0 Å². The Morgan fingerprint density at radius 1 is 1.24 bits per heavy atom. The van der Waals surface area contributed by atoms with Crippen molar-refractivity contribution in [2.75, 3.05) is 0 Å². The van der Waals surface area contributed by atoms with Gasteiger partial charge in [-0.15, -0.1) is 11.3 Å². The standard InChI is InChI=1S/C15H16OS/c1-11-5-6-12(2)14(10-11)15(16)8-7-13-4-3-9-17-13/h3-6,9-10H,7-8H2,1-2H3. The number of carbonyl (C=O) groups is 1. The molecule has 2 aromatic rings. The number of ketones is 1. The van der Waals surface area contributed by atoms with Gasteiger partial charge < -0.3 is 0 Å². The van der Waals surface area contributed by atoms with Crippen molar-refractivity contribution in [3.63, 3.8) is 0 Å². The van der Waals surface area contributed by atoms with Crippen LogP contribution in [0.2, 0.25) is 0 Å². The van der Waals surface area contributed by atoms with Crippen LogP contribution in [0.25, 0.3) is 0 Å². The third-order valence-electron chi connectivity index (χ3n) is 2.87. The van der Waals surface area contributed by atoms with E-state index in [2.05, 4.69) is 11.4 Å². The number of aryl methyl sites for hydroxylation is 3. The second-order valence-corrected chi connectivity index (χ2v) is 5.35. The molecule has 0 N–H and O–H groups in total. The molecule has 0 fully saturated rings. The molecule has 0 amide bonds. The van der Waals surface area contributed by atoms with Gasteiger partial charge in [-0.1, -0.05) is 23.8 Å². The van der Waals surface area contributed by atoms with Crippen LogP contribution in [0.3, 0.4) is 0 Å². The van der Waals surface area contributed by atoms with Gasteiger partial charge in [0.2, 0.25) is 0 Å². The van der Waals surface area contributed by atoms with Gasteiger partial charge in [0.25, 0.3) is 0 Å². The highest BCUT2D eigenvalue weighted by molar-refractivity contribution is 7.09. The van der Waals surface area contributed by atoms with E-state index in [-0.39, 0.29) is 5.78 Å². The van der Waals surface area contributed by atoms with Gasteiger partial charge in [-0.3, -0.25) is 4.79 Å². The second kappa shape index (κ2) is 5.28. The van der Waals surface area contributed by atoms with Gasteiger partial charge in [0.15, 0.2) is 5.78 Å². The van der Waals surface area contributed by atoms with Crippen molar-refractivity contribution in [1.82, 2.24) is 0 Å². The lowest BCUT2D eigenvalue weighted by Crippen LogP contribution is -2.03. The lowest BCUT2D eigenvalue weighted by molar-refractivity contribution is 0.0982. The molecule has 1 aromatic carbocycles. The highest BCUT2D eigenvalue weighted by Gasteiger charge is 2.09. The van der Waals surface area contributed by atoms with Crippen LogP contribution in [0.4, 0.5) is 0 Å². The van der Waals surface area contributed by atoms with E-state index in [4.69, 9.17) is 0 Å². The Morgan fingerprint density at radius 2 is 2.06 bits per heavy atom. The number of thiophene rings is 1. The summed E-state index contributed by atoms with van der Waals surface area (Å²) < 4.78 is 0. The van der Waals surface area contributed by atoms with Crippen LogP contribution in [0.5, 0.6) is 0 Å². The number of carbonyl (C=O) groups excluding carboxylic acids is 1. The maximum Gasteiger partial charge on any atom is 0.163 e. The van der Waals surface area contributed by atoms with Crippen LogP contribution in [-0.4, -0.2) is 5.78 Å². The second-order valence-electron chi connectivity index (χ2n) is 4.32. The van der Waals surface area contributed by atoms with E-state index in [0.717, 1.165) is 23.1 Å². The van der Waals surface area contributed by atoms with E-state index < -0.39 is 0 Å². The van der Waals surface area contributed by atoms with E-state index in [1.54, 1.807) is 11.3 Å². The number of hydrogen-bond acceptors (Lipinski definition) is 2. The Kier molecular flexibility index (Phi) is 3.75. The first-order valence-electron chi connectivity index (χ1n) is 5.79. The van der Waals surface area contributed by atoms with Crippen molar-refractivity contribution in [2.45, 2.75) is 26.7 Å². The van der Waals surface area contributed by atoms with Gasteiger partial charge in [0.05, 0.1) is 0 Å². The van der Waals surface area contributed by atoms with Crippen LogP contribution in [-0.2, 0) is 6.42 Å². The van der Waals surface area contributed by atoms with Crippen molar-refractivity contribution in [1.29, 1.82) is 0 Å². The summed E-state index contributed by atoms with van der Waals surface area (Å²) in [5.41, 5.74) is 3.10. The average molecular weight is 244 g/mol. The lowest BCUT2D eigenvalue weighted by atomic mass is 9.99. The van der Waals surface area contributed by atoms with E-state index in [1.165, 1.54) is 4.88 Å². The molecule has 0 spiro atoms. The Balaban J connectivity index is 2.07. The normalized spacial score (nSPS) is 10.5. The predicted molar refractivity (Wildman–Crippen MR) is 72.9 cm³/mol. The molecule has 88 valence electrons. The molecule has 0 aliphatic rings. The zero-order valence-corrected chi connectivity index (χ0v) is 11.0. The molecule has 1 nitrogen and oxygen atoms in total. The summed E-state index contributed by atoms with van der Waals surface area (Å²) in [4.78, 5) is 13.4. The van der Waals surface area contributed by atoms with Crippen molar-refractivity contribution < 1.29 is 4.79 Å². The quantitative estimate of drug-likeness (QED) is 0.737. The molecule has 0 radical (unpaired) electrons. The summed E-state index contributed by atoms with van der Waals surface area (Å²) in [5.74, 6) is 0.250. The first kappa shape index (κ1) is 12.1. The summed E-state index contributed by atoms with van der Waals surface area (Å²) in [7, 11) is 0. The van der Waals surface area contributed by atoms with Crippen LogP contribution in [0, 0.1) is 13.8 Å². The van der Waals surface area contributed by atoms with E-state index >= 15 is 0 Å². The highest BCUT2D eigenvalue weighted by atomic mass is 32.1. The molecule has 0 aliphatic carbocycles. The summed E-state index contributed by atoms with van der Waals surface area (Å²) >= 11 is 1.72. The van der Waals surface area contributed by atoms with Crippen LogP contribution < -0.4 is 0 Å². The summed E-state index contributed by atoms with van der Waals surface area (Å²) in [5, 5.41) is 2.05. The fourth-order valence-corrected chi connectivity index (χ4v) is 2.57. The van der Waals surface area contributed by atoms with Crippen molar-refractivity contribution in [2.24, 2.45) is 0 Å². The largest absolute Gasteiger partial charge is 0.294 e. The van der Waals surface area contributed by atoms with Crippen LogP contribution in [0.1, 0.15) is 32.8 Å². The highest BCUT2D eigenvalue weighted by Crippen LogP contribution is 2.16. The summed E-state index contributed by atoms with van der Waals surface area (Å²) in [6, 6.07) is 10.2.